The maximum atomic E-state index is 6.61. The molecule has 9 rings (SSSR count). The number of aromatic nitrogens is 1. The van der Waals surface area contributed by atoms with Crippen molar-refractivity contribution in [2.45, 2.75) is 44.3 Å². The highest BCUT2D eigenvalue weighted by molar-refractivity contribution is 6.62. The lowest BCUT2D eigenvalue weighted by atomic mass is 9.67. The van der Waals surface area contributed by atoms with Gasteiger partial charge in [-0.15, -0.1) is 0 Å². The van der Waals surface area contributed by atoms with Gasteiger partial charge in [-0.1, -0.05) is 115 Å². The summed E-state index contributed by atoms with van der Waals surface area (Å²) in [4.78, 5) is 5.37. The van der Waals surface area contributed by atoms with Crippen LogP contribution in [0.15, 0.2) is 121 Å². The number of benzene rings is 5. The maximum absolute atomic E-state index is 6.61. The third kappa shape index (κ3) is 3.22. The smallest absolute Gasteiger partial charge is 0.399 e. The minimum absolute atomic E-state index is 0.426. The lowest BCUT2D eigenvalue weighted by molar-refractivity contribution is 0.00578. The van der Waals surface area contributed by atoms with E-state index in [1.54, 1.807) is 0 Å². The maximum Gasteiger partial charge on any atom is 0.494 e. The SMILES string of the molecule is CC1(C)OB(c2ccc3c(c2)C2(c4ccccc4-c4ccccc42)c2c-3c(-c3ccccc3)nc3ccccc23)OC1(C)C. The van der Waals surface area contributed by atoms with E-state index in [1.807, 2.05) is 0 Å². The number of fused-ring (bicyclic) bond motifs is 12. The molecule has 212 valence electrons. The van der Waals surface area contributed by atoms with Crippen molar-refractivity contribution >= 4 is 23.5 Å². The molecule has 4 heteroatoms. The second-order valence-electron chi connectivity index (χ2n) is 13.3. The zero-order valence-electron chi connectivity index (χ0n) is 25.4. The van der Waals surface area contributed by atoms with Gasteiger partial charge in [0.05, 0.1) is 27.8 Å². The standard InChI is InChI=1S/C40H32BNO2/c1-38(2)39(3,4)44-41(43-38)26-22-23-29-33(24-26)40(31-19-11-8-16-27(31)28-17-9-12-20-32(28)40)36-30-18-10-13-21-34(30)42-37(35(29)36)25-14-6-5-7-15-25/h5-24H,1-4H3. The summed E-state index contributed by atoms with van der Waals surface area (Å²) < 4.78 is 13.2. The molecule has 0 bridgehead atoms. The molecule has 3 nitrogen and oxygen atoms in total. The fraction of sp³-hybridized carbons (Fsp3) is 0.175. The van der Waals surface area contributed by atoms with Gasteiger partial charge in [-0.2, -0.15) is 0 Å². The minimum Gasteiger partial charge on any atom is -0.399 e. The van der Waals surface area contributed by atoms with Crippen LogP contribution in [0, 0.1) is 0 Å². The van der Waals surface area contributed by atoms with Gasteiger partial charge in [-0.05, 0) is 78.2 Å². The highest BCUT2D eigenvalue weighted by Crippen LogP contribution is 2.65. The van der Waals surface area contributed by atoms with E-state index in [4.69, 9.17) is 14.3 Å². The van der Waals surface area contributed by atoms with E-state index in [0.717, 1.165) is 22.2 Å². The van der Waals surface area contributed by atoms with E-state index >= 15 is 0 Å². The van der Waals surface area contributed by atoms with E-state index < -0.39 is 23.7 Å². The van der Waals surface area contributed by atoms with Gasteiger partial charge in [0.15, 0.2) is 0 Å². The number of para-hydroxylation sites is 1. The summed E-state index contributed by atoms with van der Waals surface area (Å²) in [5.74, 6) is 0. The first-order valence-corrected chi connectivity index (χ1v) is 15.5. The van der Waals surface area contributed by atoms with Crippen molar-refractivity contribution in [2.75, 3.05) is 0 Å². The molecule has 1 fully saturated rings. The van der Waals surface area contributed by atoms with Crippen LogP contribution in [-0.4, -0.2) is 23.3 Å². The summed E-state index contributed by atoms with van der Waals surface area (Å²) >= 11 is 0. The Bertz CT molecular complexity index is 2090. The number of nitrogens with zero attached hydrogens (tertiary/aromatic N) is 1. The Kier molecular flexibility index (Phi) is 5.18. The fourth-order valence-corrected chi connectivity index (χ4v) is 7.81. The first-order valence-electron chi connectivity index (χ1n) is 15.5. The average Bonchev–Trinajstić information content (AvgIpc) is 3.60. The van der Waals surface area contributed by atoms with Crippen LogP contribution in [0.3, 0.4) is 0 Å². The molecule has 1 saturated heterocycles. The topological polar surface area (TPSA) is 31.4 Å². The Balaban J connectivity index is 1.44. The van der Waals surface area contributed by atoms with Crippen molar-refractivity contribution in [3.05, 3.63) is 144 Å². The van der Waals surface area contributed by atoms with Gasteiger partial charge >= 0.3 is 7.12 Å². The number of rotatable bonds is 2. The lowest BCUT2D eigenvalue weighted by Gasteiger charge is -2.32. The Labute approximate surface area is 258 Å². The third-order valence-electron chi connectivity index (χ3n) is 10.5. The molecule has 0 radical (unpaired) electrons. The largest absolute Gasteiger partial charge is 0.494 e. The molecule has 5 aromatic carbocycles. The predicted molar refractivity (Wildman–Crippen MR) is 179 cm³/mol. The van der Waals surface area contributed by atoms with Crippen LogP contribution in [0.1, 0.15) is 49.9 Å². The molecule has 0 amide bonds. The summed E-state index contributed by atoms with van der Waals surface area (Å²) in [7, 11) is -0.457. The first kappa shape index (κ1) is 25.9. The van der Waals surface area contributed by atoms with Gasteiger partial charge in [0.25, 0.3) is 0 Å². The monoisotopic (exact) mass is 569 g/mol. The molecule has 0 atom stereocenters. The van der Waals surface area contributed by atoms with Gasteiger partial charge < -0.3 is 9.31 Å². The van der Waals surface area contributed by atoms with Gasteiger partial charge in [0.2, 0.25) is 0 Å². The van der Waals surface area contributed by atoms with E-state index in [2.05, 4.69) is 149 Å². The zero-order valence-corrected chi connectivity index (χ0v) is 25.4. The third-order valence-corrected chi connectivity index (χ3v) is 10.5. The molecule has 2 heterocycles. The molecule has 0 unspecified atom stereocenters. The average molecular weight is 570 g/mol. The van der Waals surface area contributed by atoms with Crippen molar-refractivity contribution in [1.29, 1.82) is 0 Å². The van der Waals surface area contributed by atoms with Crippen LogP contribution in [0.5, 0.6) is 0 Å². The Morgan fingerprint density at radius 2 is 1.16 bits per heavy atom. The van der Waals surface area contributed by atoms with Crippen molar-refractivity contribution in [2.24, 2.45) is 0 Å². The Hall–Kier alpha value is -4.51. The fourth-order valence-electron chi connectivity index (χ4n) is 7.81. The van der Waals surface area contributed by atoms with E-state index in [0.29, 0.717) is 0 Å². The van der Waals surface area contributed by atoms with Crippen LogP contribution >= 0.6 is 0 Å². The second-order valence-corrected chi connectivity index (χ2v) is 13.3. The summed E-state index contributed by atoms with van der Waals surface area (Å²) in [5.41, 5.74) is 13.0. The molecule has 0 N–H and O–H groups in total. The Morgan fingerprint density at radius 3 is 1.84 bits per heavy atom. The summed E-state index contributed by atoms with van der Waals surface area (Å²) in [6, 6.07) is 44.0. The molecular formula is C40H32BNO2. The molecule has 6 aromatic rings. The van der Waals surface area contributed by atoms with Crippen LogP contribution < -0.4 is 5.46 Å². The second kappa shape index (κ2) is 8.78. The molecule has 44 heavy (non-hydrogen) atoms. The summed E-state index contributed by atoms with van der Waals surface area (Å²) in [6.45, 7) is 8.46. The van der Waals surface area contributed by atoms with E-state index in [9.17, 15) is 0 Å². The molecule has 1 spiro atoms. The number of hydrogen-bond acceptors (Lipinski definition) is 3. The van der Waals surface area contributed by atoms with Crippen LogP contribution in [-0.2, 0) is 14.7 Å². The van der Waals surface area contributed by atoms with Crippen LogP contribution in [0.25, 0.3) is 44.4 Å². The molecule has 0 saturated carbocycles. The van der Waals surface area contributed by atoms with Gasteiger partial charge in [-0.25, -0.2) is 4.98 Å². The van der Waals surface area contributed by atoms with Crippen LogP contribution in [0.4, 0.5) is 0 Å². The minimum atomic E-state index is -0.524. The van der Waals surface area contributed by atoms with Gasteiger partial charge in [-0.3, -0.25) is 0 Å². The zero-order chi connectivity index (χ0) is 29.8. The van der Waals surface area contributed by atoms with Gasteiger partial charge in [0, 0.05) is 16.5 Å². The number of hydrogen-bond donors (Lipinski definition) is 0. The van der Waals surface area contributed by atoms with Crippen LogP contribution in [0.2, 0.25) is 0 Å². The molecule has 2 aliphatic carbocycles. The van der Waals surface area contributed by atoms with Gasteiger partial charge in [0.1, 0.15) is 0 Å². The molecule has 3 aliphatic rings. The lowest BCUT2D eigenvalue weighted by Crippen LogP contribution is -2.41. The predicted octanol–water partition coefficient (Wildman–Crippen LogP) is 8.54. The molecular weight excluding hydrogens is 537 g/mol. The molecule has 1 aromatic heterocycles. The van der Waals surface area contributed by atoms with Crippen molar-refractivity contribution in [1.82, 2.24) is 4.98 Å². The summed E-state index contributed by atoms with van der Waals surface area (Å²) in [6.07, 6.45) is 0. The normalized spacial score (nSPS) is 17.9. The van der Waals surface area contributed by atoms with Crippen molar-refractivity contribution < 1.29 is 9.31 Å². The van der Waals surface area contributed by atoms with Crippen molar-refractivity contribution in [3.63, 3.8) is 0 Å². The molecule has 1 aliphatic heterocycles. The summed E-state index contributed by atoms with van der Waals surface area (Å²) in [5, 5.41) is 1.18. The number of pyridine rings is 1. The Morgan fingerprint density at radius 1 is 0.568 bits per heavy atom. The first-order chi connectivity index (χ1) is 21.3. The van der Waals surface area contributed by atoms with E-state index in [1.165, 1.54) is 49.9 Å². The van der Waals surface area contributed by atoms with Crippen molar-refractivity contribution in [3.8, 4) is 33.5 Å². The highest BCUT2D eigenvalue weighted by atomic mass is 16.7. The van der Waals surface area contributed by atoms with E-state index in [-0.39, 0.29) is 0 Å². The quantitative estimate of drug-likeness (QED) is 0.196. The highest BCUT2D eigenvalue weighted by Gasteiger charge is 2.55.